The van der Waals surface area contributed by atoms with Crippen molar-refractivity contribution in [3.05, 3.63) is 213 Å². The zero-order valence-electron chi connectivity index (χ0n) is 69.6. The molecule has 7 aromatic carbocycles. The number of benzene rings is 7. The van der Waals surface area contributed by atoms with Crippen molar-refractivity contribution in [1.82, 2.24) is 0 Å². The third-order valence-corrected chi connectivity index (χ3v) is 19.3. The van der Waals surface area contributed by atoms with Gasteiger partial charge in [-0.3, -0.25) is 0 Å². The van der Waals surface area contributed by atoms with E-state index in [1.807, 2.05) is 30.3 Å². The highest BCUT2D eigenvalue weighted by Crippen LogP contribution is 2.47. The standard InChI is InChI=1S/C54H78O3.C16H26O2.C14H22O.C9H12/c1-31-37(22-34-25-40(49(4,5)6)46(55)41(26-34)50(7,8)9)32(2)39(24-36-29-44(53(16,17)18)48(57)45(30-36)54(19,20)21)33(3)38(31)23-35-27-42(51(10,11)12)47(56)43(28-35)52(13,14)15;1-15(2,3)12-8-11(10-18-7)9-13(14(12)17)16(4,5)6;1-13(2,3)10-8-7-9-11(12(10)15)14(4,5)6;1-7-4-8(2)6-9(3)5-7/h25-30,55-57H,22-24H2,1-21H3;8-9,17H,10H2,1-7H3;7-9,15H,1-6H3;4-6H,1-3H3. The lowest BCUT2D eigenvalue weighted by Crippen LogP contribution is -2.19. The monoisotopic (exact) mass is 1350 g/mol. The SMILES string of the molecule is CC(C)(C)c1cccc(C(C)(C)C)c1O.COCc1cc(C(C)(C)C)c(O)c(C(C)(C)C)c1.Cc1c(Cc2cc(C(C)(C)C)c(O)c(C(C)(C)C)c2)c(C)c(Cc2cc(C(C)(C)C)c(O)c(C(C)(C)C)c2)c(C)c1Cc1cc(C(C)(C)C)c(O)c(C(C)(C)C)c1.Cc1cc(C)cc(C)c1. The molecular weight excluding hydrogens is 1210 g/mol. The van der Waals surface area contributed by atoms with Gasteiger partial charge in [0.1, 0.15) is 28.7 Å². The minimum atomic E-state index is -0.226. The molecule has 0 saturated carbocycles. The van der Waals surface area contributed by atoms with Gasteiger partial charge in [-0.15, -0.1) is 0 Å². The summed E-state index contributed by atoms with van der Waals surface area (Å²) in [6.45, 7) is 78.5. The third kappa shape index (κ3) is 22.0. The van der Waals surface area contributed by atoms with Gasteiger partial charge in [0, 0.05) is 7.11 Å². The summed E-state index contributed by atoms with van der Waals surface area (Å²) in [5.74, 6) is 2.11. The van der Waals surface area contributed by atoms with Gasteiger partial charge in [-0.2, -0.15) is 0 Å². The maximum absolute atomic E-state index is 11.6. The molecule has 6 nitrogen and oxygen atoms in total. The maximum Gasteiger partial charge on any atom is 0.123 e. The van der Waals surface area contributed by atoms with Gasteiger partial charge < -0.3 is 30.3 Å². The number of rotatable bonds is 8. The number of hydrogen-bond acceptors (Lipinski definition) is 6. The van der Waals surface area contributed by atoms with E-state index in [1.165, 1.54) is 66.8 Å². The molecular formula is C93H138O6. The highest BCUT2D eigenvalue weighted by atomic mass is 16.5. The van der Waals surface area contributed by atoms with E-state index in [1.54, 1.807) is 7.11 Å². The van der Waals surface area contributed by atoms with Crippen molar-refractivity contribution >= 4 is 0 Å². The Morgan fingerprint density at radius 2 is 0.404 bits per heavy atom. The first-order chi connectivity index (χ1) is 44.4. The van der Waals surface area contributed by atoms with Crippen molar-refractivity contribution < 1.29 is 30.3 Å². The number of methoxy groups -OCH3 is 1. The van der Waals surface area contributed by atoms with Gasteiger partial charge in [0.25, 0.3) is 0 Å². The van der Waals surface area contributed by atoms with E-state index in [4.69, 9.17) is 4.74 Å². The van der Waals surface area contributed by atoms with Crippen LogP contribution >= 0.6 is 0 Å². The molecule has 0 aliphatic heterocycles. The summed E-state index contributed by atoms with van der Waals surface area (Å²) in [5, 5.41) is 55.7. The number of aryl methyl sites for hydroxylation is 3. The lowest BCUT2D eigenvalue weighted by atomic mass is 9.75. The fourth-order valence-electron chi connectivity index (χ4n) is 13.7. The summed E-state index contributed by atoms with van der Waals surface area (Å²) in [4.78, 5) is 0. The first-order valence-corrected chi connectivity index (χ1v) is 36.4. The van der Waals surface area contributed by atoms with Crippen LogP contribution in [-0.4, -0.2) is 32.6 Å². The van der Waals surface area contributed by atoms with Crippen molar-refractivity contribution in [3.8, 4) is 28.7 Å². The van der Waals surface area contributed by atoms with Crippen molar-refractivity contribution in [2.45, 2.75) is 329 Å². The fraction of sp³-hybridized carbons (Fsp3) is 0.548. The lowest BCUT2D eigenvalue weighted by molar-refractivity contribution is 0.184. The quantitative estimate of drug-likeness (QED) is 0.104. The maximum atomic E-state index is 11.6. The van der Waals surface area contributed by atoms with Crippen molar-refractivity contribution in [2.24, 2.45) is 0 Å². The van der Waals surface area contributed by atoms with Gasteiger partial charge in [0.2, 0.25) is 0 Å². The number of para-hydroxylation sites is 1. The summed E-state index contributed by atoms with van der Waals surface area (Å²) in [5.41, 5.74) is 25.1. The largest absolute Gasteiger partial charge is 0.507 e. The molecule has 7 rings (SSSR count). The first-order valence-electron chi connectivity index (χ1n) is 36.4. The summed E-state index contributed by atoms with van der Waals surface area (Å²) < 4.78 is 5.22. The molecule has 0 aliphatic rings. The van der Waals surface area contributed by atoms with E-state index < -0.39 is 0 Å². The smallest absolute Gasteiger partial charge is 0.123 e. The number of phenols is 5. The van der Waals surface area contributed by atoms with Crippen molar-refractivity contribution in [3.63, 3.8) is 0 Å². The van der Waals surface area contributed by atoms with Gasteiger partial charge in [0.15, 0.2) is 0 Å². The molecule has 0 unspecified atom stereocenters. The zero-order chi connectivity index (χ0) is 76.6. The van der Waals surface area contributed by atoms with E-state index in [0.717, 1.165) is 80.5 Å². The average Bonchev–Trinajstić information content (AvgIpc) is 0.773. The summed E-state index contributed by atoms with van der Waals surface area (Å²) in [6.07, 6.45) is 2.24. The molecule has 0 aromatic heterocycles. The molecule has 0 spiro atoms. The lowest BCUT2D eigenvalue weighted by Gasteiger charge is -2.30. The van der Waals surface area contributed by atoms with Crippen molar-refractivity contribution in [1.29, 1.82) is 0 Å². The molecule has 0 aliphatic carbocycles. The Morgan fingerprint density at radius 1 is 0.242 bits per heavy atom. The highest BCUT2D eigenvalue weighted by Gasteiger charge is 2.33. The Bertz CT molecular complexity index is 3470. The van der Waals surface area contributed by atoms with E-state index in [0.29, 0.717) is 35.4 Å². The molecule has 0 heterocycles. The molecule has 5 N–H and O–H groups in total. The minimum absolute atomic E-state index is 0.00859. The van der Waals surface area contributed by atoms with E-state index in [2.05, 4.69) is 304 Å². The number of aromatic hydroxyl groups is 5. The molecule has 0 fully saturated rings. The average molecular weight is 1350 g/mol. The molecule has 99 heavy (non-hydrogen) atoms. The van der Waals surface area contributed by atoms with Gasteiger partial charge in [-0.1, -0.05) is 297 Å². The molecule has 0 saturated heterocycles. The van der Waals surface area contributed by atoms with Crippen molar-refractivity contribution in [2.75, 3.05) is 7.11 Å². The van der Waals surface area contributed by atoms with Crippen LogP contribution in [0.25, 0.3) is 0 Å². The summed E-state index contributed by atoms with van der Waals surface area (Å²) in [6, 6.07) is 30.1. The molecule has 0 bridgehead atoms. The fourth-order valence-corrected chi connectivity index (χ4v) is 13.7. The molecule has 546 valence electrons. The molecule has 7 aromatic rings. The van der Waals surface area contributed by atoms with E-state index >= 15 is 0 Å². The summed E-state index contributed by atoms with van der Waals surface area (Å²) >= 11 is 0. The second kappa shape index (κ2) is 30.6. The molecule has 6 heteroatoms. The van der Waals surface area contributed by atoms with Crippen LogP contribution in [0, 0.1) is 41.5 Å². The van der Waals surface area contributed by atoms with Crippen LogP contribution in [0.5, 0.6) is 28.7 Å². The topological polar surface area (TPSA) is 110 Å². The van der Waals surface area contributed by atoms with Gasteiger partial charge in [-0.05, 0) is 238 Å². The van der Waals surface area contributed by atoms with Gasteiger partial charge in [-0.25, -0.2) is 0 Å². The molecule has 0 amide bonds. The molecule has 0 atom stereocenters. The highest BCUT2D eigenvalue weighted by molar-refractivity contribution is 5.60. The summed E-state index contributed by atoms with van der Waals surface area (Å²) in [7, 11) is 1.69. The van der Waals surface area contributed by atoms with Crippen LogP contribution in [0.2, 0.25) is 0 Å². The molecule has 0 radical (unpaired) electrons. The Balaban J connectivity index is 0.000000394. The van der Waals surface area contributed by atoms with Crippen LogP contribution in [0.4, 0.5) is 0 Å². The van der Waals surface area contributed by atoms with Gasteiger partial charge >= 0.3 is 0 Å². The van der Waals surface area contributed by atoms with Crippen LogP contribution in [0.1, 0.15) is 336 Å². The van der Waals surface area contributed by atoms with Crippen LogP contribution in [0.3, 0.4) is 0 Å². The second-order valence-corrected chi connectivity index (χ2v) is 39.3. The zero-order valence-corrected chi connectivity index (χ0v) is 69.6. The third-order valence-electron chi connectivity index (χ3n) is 19.3. The first kappa shape index (κ1) is 84.9. The van der Waals surface area contributed by atoms with E-state index in [9.17, 15) is 25.5 Å². The predicted molar refractivity (Wildman–Crippen MR) is 428 cm³/mol. The Morgan fingerprint density at radius 3 is 0.566 bits per heavy atom. The number of ether oxygens (including phenoxy) is 1. The van der Waals surface area contributed by atoms with Crippen LogP contribution in [0.15, 0.2) is 84.9 Å². The predicted octanol–water partition coefficient (Wildman–Crippen LogP) is 25.0. The normalized spacial score (nSPS) is 12.9. The van der Waals surface area contributed by atoms with Crippen LogP contribution < -0.4 is 0 Å². The Labute approximate surface area is 604 Å². The minimum Gasteiger partial charge on any atom is -0.507 e. The van der Waals surface area contributed by atoms with Crippen LogP contribution in [-0.2, 0) is 84.8 Å². The Hall–Kier alpha value is -6.50. The number of hydrogen-bond donors (Lipinski definition) is 5. The van der Waals surface area contributed by atoms with Gasteiger partial charge in [0.05, 0.1) is 6.61 Å². The Kier molecular flexibility index (Phi) is 26.2. The van der Waals surface area contributed by atoms with E-state index in [-0.39, 0.29) is 54.1 Å². The number of phenolic OH excluding ortho intramolecular Hbond substituents is 5. The second-order valence-electron chi connectivity index (χ2n) is 39.3.